The average Bonchev–Trinajstić information content (AvgIpc) is 3.07. The lowest BCUT2D eigenvalue weighted by Crippen LogP contribution is -2.64. The van der Waals surface area contributed by atoms with Crippen LogP contribution in [0.1, 0.15) is 59.3 Å². The summed E-state index contributed by atoms with van der Waals surface area (Å²) in [6.45, 7) is 9.76. The molecule has 30 heavy (non-hydrogen) atoms. The highest BCUT2D eigenvalue weighted by atomic mass is 16.7. The Morgan fingerprint density at radius 3 is 2.47 bits per heavy atom. The van der Waals surface area contributed by atoms with E-state index in [0.717, 1.165) is 12.8 Å². The number of rotatable bonds is 0. The van der Waals surface area contributed by atoms with Crippen LogP contribution >= 0.6 is 0 Å². The fraction of sp³-hybridized carbons (Fsp3) is 0.920. The Hall–Kier alpha value is -0.460. The van der Waals surface area contributed by atoms with E-state index in [1.54, 1.807) is 0 Å². The fourth-order valence-electron chi connectivity index (χ4n) is 9.01. The summed E-state index contributed by atoms with van der Waals surface area (Å²) in [4.78, 5) is 0. The molecule has 7 fully saturated rings. The Bertz CT molecular complexity index is 741. The summed E-state index contributed by atoms with van der Waals surface area (Å²) in [5.74, 6) is 1.85. The molecule has 4 unspecified atom stereocenters. The van der Waals surface area contributed by atoms with E-state index in [9.17, 15) is 0 Å². The van der Waals surface area contributed by atoms with Gasteiger partial charge in [-0.25, -0.2) is 0 Å². The monoisotopic (exact) mass is 417 g/mol. The van der Waals surface area contributed by atoms with Gasteiger partial charge in [-0.1, -0.05) is 25.5 Å². The van der Waals surface area contributed by atoms with Gasteiger partial charge in [-0.15, -0.1) is 0 Å². The second-order valence-electron chi connectivity index (χ2n) is 11.5. The first kappa shape index (κ1) is 20.2. The molecule has 5 nitrogen and oxygen atoms in total. The number of hydrogen-bond donors (Lipinski definition) is 1. The topological polar surface area (TPSA) is 62.9 Å². The number of fused-ring (bicyclic) bond motifs is 1. The Balaban J connectivity index is 1.47. The molecule has 9 rings (SSSR count). The zero-order valence-electron chi connectivity index (χ0n) is 18.9. The van der Waals surface area contributed by atoms with Crippen molar-refractivity contribution in [3.8, 4) is 0 Å². The molecule has 2 N–H and O–H groups in total. The summed E-state index contributed by atoms with van der Waals surface area (Å²) in [5, 5.41) is 0. The molecule has 9 aliphatic rings. The minimum atomic E-state index is -0.672. The summed E-state index contributed by atoms with van der Waals surface area (Å²) < 4.78 is 25.5. The molecule has 10 atom stereocenters. The maximum Gasteiger partial charge on any atom is 0.198 e. The van der Waals surface area contributed by atoms with Gasteiger partial charge in [0.15, 0.2) is 5.79 Å². The van der Waals surface area contributed by atoms with Gasteiger partial charge >= 0.3 is 0 Å². The molecule has 5 heterocycles. The van der Waals surface area contributed by atoms with Crippen LogP contribution in [0, 0.1) is 34.5 Å². The van der Waals surface area contributed by atoms with Crippen molar-refractivity contribution in [3.05, 3.63) is 11.6 Å². The van der Waals surface area contributed by atoms with Crippen molar-refractivity contribution in [2.45, 2.75) is 83.3 Å². The molecule has 4 aliphatic carbocycles. The van der Waals surface area contributed by atoms with Crippen LogP contribution in [0.15, 0.2) is 11.6 Å². The molecule has 1 spiro atoms. The number of hydrogen-bond acceptors (Lipinski definition) is 5. The first-order chi connectivity index (χ1) is 14.4. The number of nitrogens with two attached hydrogens (primary N) is 1. The van der Waals surface area contributed by atoms with Crippen LogP contribution in [-0.2, 0) is 18.9 Å². The van der Waals surface area contributed by atoms with Gasteiger partial charge in [0.05, 0.1) is 32.5 Å². The molecule has 3 saturated carbocycles. The minimum Gasteiger partial charge on any atom is -0.376 e. The molecule has 0 radical (unpaired) electrons. The van der Waals surface area contributed by atoms with E-state index in [-0.39, 0.29) is 23.7 Å². The van der Waals surface area contributed by atoms with Gasteiger partial charge in [-0.05, 0) is 73.5 Å². The van der Waals surface area contributed by atoms with Crippen LogP contribution in [0.25, 0.3) is 0 Å². The second-order valence-corrected chi connectivity index (χ2v) is 11.5. The zero-order chi connectivity index (χ0) is 20.7. The molecule has 0 aromatic heterocycles. The summed E-state index contributed by atoms with van der Waals surface area (Å²) in [6, 6.07) is 0.138. The maximum atomic E-state index is 6.97. The summed E-state index contributed by atoms with van der Waals surface area (Å²) >= 11 is 0. The van der Waals surface area contributed by atoms with E-state index >= 15 is 0 Å². The molecule has 0 amide bonds. The standard InChI is InChI=1S/C25H39NO4/c1-15-17-4-5-18-22-19(6-7-23(17,18)2)24(3)14-21-25(29-10-8-27-15,30-11-9-28-21)13-16(24)12-20(22)26/h12,15,17-22H,4-11,13-14,26H2,1-3H3/t15?,17-,18-,19?,20-,21?,22+,23-,24+,25?/m1/s1. The predicted octanol–water partition coefficient (Wildman–Crippen LogP) is 3.66. The largest absolute Gasteiger partial charge is 0.376 e. The van der Waals surface area contributed by atoms with Crippen molar-refractivity contribution in [2.24, 2.45) is 40.2 Å². The van der Waals surface area contributed by atoms with Crippen LogP contribution in [0.4, 0.5) is 0 Å². The lowest BCUT2D eigenvalue weighted by Gasteiger charge is -2.62. The normalized spacial score (nSPS) is 57.7. The highest BCUT2D eigenvalue weighted by molar-refractivity contribution is 5.31. The van der Waals surface area contributed by atoms with Crippen LogP contribution in [0.5, 0.6) is 0 Å². The van der Waals surface area contributed by atoms with E-state index in [0.29, 0.717) is 55.5 Å². The average molecular weight is 418 g/mol. The third-order valence-electron chi connectivity index (χ3n) is 10.5. The Kier molecular flexibility index (Phi) is 4.55. The lowest BCUT2D eigenvalue weighted by molar-refractivity contribution is -0.342. The lowest BCUT2D eigenvalue weighted by atomic mass is 9.46. The van der Waals surface area contributed by atoms with Crippen LogP contribution in [-0.4, -0.2) is 50.5 Å². The molecule has 0 aromatic carbocycles. The molecular weight excluding hydrogens is 378 g/mol. The van der Waals surface area contributed by atoms with E-state index < -0.39 is 5.79 Å². The Labute approximate surface area is 181 Å². The molecule has 5 heteroatoms. The van der Waals surface area contributed by atoms with Gasteiger partial charge in [-0.2, -0.15) is 0 Å². The van der Waals surface area contributed by atoms with Crippen LogP contribution < -0.4 is 5.73 Å². The smallest absolute Gasteiger partial charge is 0.198 e. The Morgan fingerprint density at radius 2 is 1.67 bits per heavy atom. The predicted molar refractivity (Wildman–Crippen MR) is 114 cm³/mol. The summed E-state index contributed by atoms with van der Waals surface area (Å²) in [6.07, 6.45) is 9.58. The van der Waals surface area contributed by atoms with Crippen molar-refractivity contribution >= 4 is 0 Å². The maximum absolute atomic E-state index is 6.97. The van der Waals surface area contributed by atoms with Crippen LogP contribution in [0.3, 0.4) is 0 Å². The fourth-order valence-corrected chi connectivity index (χ4v) is 9.01. The van der Waals surface area contributed by atoms with Crippen molar-refractivity contribution in [2.75, 3.05) is 26.4 Å². The van der Waals surface area contributed by atoms with Gasteiger partial charge in [-0.3, -0.25) is 0 Å². The third-order valence-corrected chi connectivity index (χ3v) is 10.5. The third kappa shape index (κ3) is 2.59. The van der Waals surface area contributed by atoms with Gasteiger partial charge in [0, 0.05) is 12.5 Å². The van der Waals surface area contributed by atoms with Crippen molar-refractivity contribution in [1.29, 1.82) is 0 Å². The van der Waals surface area contributed by atoms with E-state index in [1.165, 1.54) is 31.3 Å². The summed E-state index contributed by atoms with van der Waals surface area (Å²) in [5.41, 5.74) is 8.92. The minimum absolute atomic E-state index is 0.00613. The Morgan fingerprint density at radius 1 is 0.933 bits per heavy atom. The van der Waals surface area contributed by atoms with Crippen LogP contribution in [0.2, 0.25) is 0 Å². The molecule has 4 saturated heterocycles. The quantitative estimate of drug-likeness (QED) is 0.610. The first-order valence-electron chi connectivity index (χ1n) is 12.4. The molecule has 168 valence electrons. The van der Waals surface area contributed by atoms with Gasteiger partial charge in [0.1, 0.15) is 6.10 Å². The highest BCUT2D eigenvalue weighted by Crippen LogP contribution is 2.67. The van der Waals surface area contributed by atoms with Gasteiger partial charge in [0.25, 0.3) is 0 Å². The van der Waals surface area contributed by atoms with E-state index in [4.69, 9.17) is 24.7 Å². The van der Waals surface area contributed by atoms with E-state index in [2.05, 4.69) is 26.8 Å². The summed E-state index contributed by atoms with van der Waals surface area (Å²) in [7, 11) is 0. The van der Waals surface area contributed by atoms with Crippen molar-refractivity contribution in [1.82, 2.24) is 0 Å². The van der Waals surface area contributed by atoms with Gasteiger partial charge in [0.2, 0.25) is 0 Å². The highest BCUT2D eigenvalue weighted by Gasteiger charge is 2.64. The molecule has 5 aliphatic heterocycles. The van der Waals surface area contributed by atoms with Crippen molar-refractivity contribution in [3.63, 3.8) is 0 Å². The molecule has 0 aromatic rings. The second kappa shape index (κ2) is 6.77. The van der Waals surface area contributed by atoms with Gasteiger partial charge < -0.3 is 24.7 Å². The van der Waals surface area contributed by atoms with E-state index in [1.807, 2.05) is 0 Å². The molecular formula is C25H39NO4. The SMILES string of the molecule is CC1OCCOC23CC4=C[C@@H](N)[C@@H]5C(CC[C@]6(C)[C@@H]1CC[C@H]56)[C@@]4(C)CC2OCCO3. The zero-order valence-corrected chi connectivity index (χ0v) is 18.9. The molecule has 8 bridgehead atoms. The first-order valence-corrected chi connectivity index (χ1v) is 12.4. The number of ether oxygens (including phenoxy) is 4. The van der Waals surface area contributed by atoms with Crippen molar-refractivity contribution < 1.29 is 18.9 Å².